The van der Waals surface area contributed by atoms with Crippen LogP contribution < -0.4 is 5.32 Å². The van der Waals surface area contributed by atoms with Gasteiger partial charge < -0.3 is 5.32 Å². The quantitative estimate of drug-likeness (QED) is 0.774. The lowest BCUT2D eigenvalue weighted by molar-refractivity contribution is -0.183. The van der Waals surface area contributed by atoms with Crippen molar-refractivity contribution in [3.8, 4) is 6.07 Å². The van der Waals surface area contributed by atoms with E-state index in [1.165, 1.54) is 0 Å². The summed E-state index contributed by atoms with van der Waals surface area (Å²) in [5.74, 6) is 1.01. The first kappa shape index (κ1) is 20.6. The van der Waals surface area contributed by atoms with E-state index in [9.17, 15) is 4.79 Å². The number of carbonyl (C=O) groups excluding carboxylic acids is 1. The molecule has 2 fully saturated rings. The van der Waals surface area contributed by atoms with Crippen molar-refractivity contribution in [2.75, 3.05) is 18.5 Å². The third-order valence-electron chi connectivity index (χ3n) is 5.89. The van der Waals surface area contributed by atoms with E-state index >= 15 is 0 Å². The molecule has 0 radical (unpaired) electrons. The molecule has 0 unspecified atom stereocenters. The summed E-state index contributed by atoms with van der Waals surface area (Å²) < 4.78 is 0. The number of halogens is 1. The maximum absolute atomic E-state index is 13.1. The summed E-state index contributed by atoms with van der Waals surface area (Å²) in [6.45, 7) is 1.30. The topological polar surface area (TPSA) is 91.1 Å². The number of hydrogen-bond donors (Lipinski definition) is 1. The minimum atomic E-state index is -0.0429. The molecule has 2 heterocycles. The standard InChI is InChI=1S/C22H24ClN5O2/c23-18-7-5-16(6-8-18)20-10-12-30-28(20)21(29)17-3-1-15(2-4-17)14-26-22-25-11-9-19(13-24)27-22/h5-9,11,15,17,20H,1-4,10,12,14H2,(H,25,26,27)/t15-,17-,20-/m0/s1. The van der Waals surface area contributed by atoms with Crippen molar-refractivity contribution in [1.82, 2.24) is 15.0 Å². The number of hydrogen-bond acceptors (Lipinski definition) is 6. The Bertz CT molecular complexity index is 922. The van der Waals surface area contributed by atoms with E-state index in [2.05, 4.69) is 15.3 Å². The summed E-state index contributed by atoms with van der Waals surface area (Å²) in [4.78, 5) is 27.1. The largest absolute Gasteiger partial charge is 0.354 e. The molecule has 7 nitrogen and oxygen atoms in total. The van der Waals surface area contributed by atoms with Gasteiger partial charge in [-0.15, -0.1) is 0 Å². The molecule has 156 valence electrons. The van der Waals surface area contributed by atoms with Crippen molar-refractivity contribution < 1.29 is 9.63 Å². The zero-order valence-corrected chi connectivity index (χ0v) is 17.4. The van der Waals surface area contributed by atoms with Gasteiger partial charge in [0.2, 0.25) is 11.9 Å². The fourth-order valence-corrected chi connectivity index (χ4v) is 4.34. The van der Waals surface area contributed by atoms with E-state index in [1.54, 1.807) is 17.3 Å². The molecule has 1 N–H and O–H groups in total. The van der Waals surface area contributed by atoms with Gasteiger partial charge in [-0.2, -0.15) is 5.26 Å². The third-order valence-corrected chi connectivity index (χ3v) is 6.14. The van der Waals surface area contributed by atoms with Crippen LogP contribution >= 0.6 is 11.6 Å². The van der Waals surface area contributed by atoms with E-state index in [4.69, 9.17) is 21.7 Å². The highest BCUT2D eigenvalue weighted by Crippen LogP contribution is 2.36. The van der Waals surface area contributed by atoms with E-state index in [1.807, 2.05) is 30.3 Å². The summed E-state index contributed by atoms with van der Waals surface area (Å²) >= 11 is 5.99. The van der Waals surface area contributed by atoms with E-state index in [-0.39, 0.29) is 17.9 Å². The zero-order chi connectivity index (χ0) is 20.9. The number of aromatic nitrogens is 2. The Hall–Kier alpha value is -2.69. The van der Waals surface area contributed by atoms with Crippen molar-refractivity contribution >= 4 is 23.5 Å². The number of nitrogens with zero attached hydrogens (tertiary/aromatic N) is 4. The molecule has 1 amide bonds. The van der Waals surface area contributed by atoms with Crippen LogP contribution in [-0.2, 0) is 9.63 Å². The normalized spacial score (nSPS) is 23.7. The maximum atomic E-state index is 13.1. The molecule has 0 bridgehead atoms. The van der Waals surface area contributed by atoms with Gasteiger partial charge in [-0.25, -0.2) is 15.0 Å². The van der Waals surface area contributed by atoms with Crippen LogP contribution in [0.1, 0.15) is 49.4 Å². The number of carbonyl (C=O) groups is 1. The highest BCUT2D eigenvalue weighted by atomic mass is 35.5. The summed E-state index contributed by atoms with van der Waals surface area (Å²) in [5, 5.41) is 14.4. The molecule has 1 saturated carbocycles. The first-order valence-corrected chi connectivity index (χ1v) is 10.7. The van der Waals surface area contributed by atoms with Gasteiger partial charge in [-0.05, 0) is 55.4 Å². The van der Waals surface area contributed by atoms with Crippen LogP contribution in [0.25, 0.3) is 0 Å². The molecular weight excluding hydrogens is 402 g/mol. The summed E-state index contributed by atoms with van der Waals surface area (Å²) in [6, 6.07) is 11.2. The van der Waals surface area contributed by atoms with E-state index in [0.717, 1.165) is 44.2 Å². The monoisotopic (exact) mass is 425 g/mol. The highest BCUT2D eigenvalue weighted by molar-refractivity contribution is 6.30. The Labute approximate surface area is 181 Å². The lowest BCUT2D eigenvalue weighted by Gasteiger charge is -2.32. The Morgan fingerprint density at radius 3 is 2.70 bits per heavy atom. The summed E-state index contributed by atoms with van der Waals surface area (Å²) in [5.41, 5.74) is 1.41. The van der Waals surface area contributed by atoms with Gasteiger partial charge >= 0.3 is 0 Å². The van der Waals surface area contributed by atoms with Crippen LogP contribution in [0.2, 0.25) is 5.02 Å². The van der Waals surface area contributed by atoms with E-state index < -0.39 is 0 Å². The molecule has 30 heavy (non-hydrogen) atoms. The summed E-state index contributed by atoms with van der Waals surface area (Å²) in [7, 11) is 0. The molecule has 1 saturated heterocycles. The average molecular weight is 426 g/mol. The predicted octanol–water partition coefficient (Wildman–Crippen LogP) is 4.13. The molecule has 1 aliphatic heterocycles. The molecule has 1 aromatic heterocycles. The van der Waals surface area contributed by atoms with Crippen molar-refractivity contribution in [3.05, 3.63) is 52.8 Å². The SMILES string of the molecule is N#Cc1ccnc(NC[C@H]2CC[C@H](C(=O)N3OCC[C@H]3c3ccc(Cl)cc3)CC2)n1. The zero-order valence-electron chi connectivity index (χ0n) is 16.6. The highest BCUT2D eigenvalue weighted by Gasteiger charge is 2.37. The lowest BCUT2D eigenvalue weighted by Crippen LogP contribution is -2.37. The molecule has 2 aliphatic rings. The van der Waals surface area contributed by atoms with E-state index in [0.29, 0.717) is 29.2 Å². The van der Waals surface area contributed by atoms with Gasteiger partial charge in [0.25, 0.3) is 0 Å². The van der Waals surface area contributed by atoms with Crippen LogP contribution in [0.15, 0.2) is 36.5 Å². The number of nitriles is 1. The van der Waals surface area contributed by atoms with Gasteiger partial charge in [-0.1, -0.05) is 23.7 Å². The maximum Gasteiger partial charge on any atom is 0.249 e. The number of anilines is 1. The van der Waals surface area contributed by atoms with Gasteiger partial charge in [0.1, 0.15) is 11.8 Å². The number of nitrogens with one attached hydrogen (secondary N) is 1. The molecule has 1 atom stereocenters. The number of rotatable bonds is 5. The number of benzene rings is 1. The number of hydroxylamine groups is 2. The Morgan fingerprint density at radius 1 is 1.20 bits per heavy atom. The second-order valence-corrected chi connectivity index (χ2v) is 8.27. The Balaban J connectivity index is 1.29. The van der Waals surface area contributed by atoms with Gasteiger partial charge in [0.15, 0.2) is 0 Å². The molecular formula is C22H24ClN5O2. The molecule has 2 aromatic rings. The van der Waals surface area contributed by atoms with Crippen molar-refractivity contribution in [3.63, 3.8) is 0 Å². The van der Waals surface area contributed by atoms with Crippen molar-refractivity contribution in [2.45, 2.75) is 38.1 Å². The Morgan fingerprint density at radius 2 is 1.97 bits per heavy atom. The molecule has 0 spiro atoms. The van der Waals surface area contributed by atoms with Crippen molar-refractivity contribution in [2.24, 2.45) is 11.8 Å². The number of amides is 1. The fraction of sp³-hybridized carbons (Fsp3) is 0.455. The molecule has 8 heteroatoms. The van der Waals surface area contributed by atoms with Gasteiger partial charge in [0, 0.05) is 30.1 Å². The second kappa shape index (κ2) is 9.41. The van der Waals surface area contributed by atoms with Crippen LogP contribution in [0.4, 0.5) is 5.95 Å². The fourth-order valence-electron chi connectivity index (χ4n) is 4.21. The molecule has 1 aromatic carbocycles. The first-order valence-electron chi connectivity index (χ1n) is 10.3. The Kier molecular flexibility index (Phi) is 6.46. The molecule has 4 rings (SSSR count). The summed E-state index contributed by atoms with van der Waals surface area (Å²) in [6.07, 6.45) is 5.99. The first-order chi connectivity index (χ1) is 14.6. The lowest BCUT2D eigenvalue weighted by atomic mass is 9.81. The smallest absolute Gasteiger partial charge is 0.249 e. The van der Waals surface area contributed by atoms with Crippen LogP contribution in [-0.4, -0.2) is 34.1 Å². The minimum absolute atomic E-state index is 0.00711. The third kappa shape index (κ3) is 4.72. The molecule has 1 aliphatic carbocycles. The van der Waals surface area contributed by atoms with Crippen LogP contribution in [0, 0.1) is 23.2 Å². The van der Waals surface area contributed by atoms with Crippen molar-refractivity contribution in [1.29, 1.82) is 5.26 Å². The average Bonchev–Trinajstić information content (AvgIpc) is 3.28. The predicted molar refractivity (Wildman–Crippen MR) is 112 cm³/mol. The van der Waals surface area contributed by atoms with Gasteiger partial charge in [0.05, 0.1) is 12.6 Å². The second-order valence-electron chi connectivity index (χ2n) is 7.83. The van der Waals surface area contributed by atoms with Crippen LogP contribution in [0.3, 0.4) is 0 Å². The van der Waals surface area contributed by atoms with Gasteiger partial charge in [-0.3, -0.25) is 9.63 Å². The minimum Gasteiger partial charge on any atom is -0.354 e. The van der Waals surface area contributed by atoms with Crippen LogP contribution in [0.5, 0.6) is 0 Å².